The van der Waals surface area contributed by atoms with Crippen LogP contribution in [0.5, 0.6) is 5.75 Å². The third-order valence-corrected chi connectivity index (χ3v) is 2.09. The molecule has 17 heavy (non-hydrogen) atoms. The summed E-state index contributed by atoms with van der Waals surface area (Å²) in [6.07, 6.45) is 1.46. The average molecular weight is 237 g/mol. The number of hydrogen-bond donors (Lipinski definition) is 1. The fourth-order valence-electron chi connectivity index (χ4n) is 1.33. The Kier molecular flexibility index (Phi) is 6.29. The monoisotopic (exact) mass is 237 g/mol. The van der Waals surface area contributed by atoms with Crippen LogP contribution in [0.25, 0.3) is 0 Å². The Labute approximate surface area is 102 Å². The Hall–Kier alpha value is -1.39. The van der Waals surface area contributed by atoms with E-state index in [1.54, 1.807) is 30.5 Å². The molecule has 1 aromatic rings. The van der Waals surface area contributed by atoms with Gasteiger partial charge in [-0.05, 0) is 43.7 Å². The first-order valence-electron chi connectivity index (χ1n) is 5.78. The fraction of sp³-hybridized carbons (Fsp3) is 0.462. The van der Waals surface area contributed by atoms with Gasteiger partial charge in [0.15, 0.2) is 6.29 Å². The minimum absolute atomic E-state index is 0.253. The van der Waals surface area contributed by atoms with Gasteiger partial charge < -0.3 is 14.6 Å². The zero-order chi connectivity index (χ0) is 12.5. The average Bonchev–Trinajstić information content (AvgIpc) is 2.32. The van der Waals surface area contributed by atoms with Crippen molar-refractivity contribution in [2.45, 2.75) is 20.1 Å². The lowest BCUT2D eigenvalue weighted by atomic mass is 10.2. The van der Waals surface area contributed by atoms with Crippen molar-refractivity contribution in [1.82, 2.24) is 0 Å². The number of aliphatic imine (C=N–C) groups is 1. The molecule has 4 heteroatoms. The summed E-state index contributed by atoms with van der Waals surface area (Å²) < 4.78 is 10.7. The molecule has 1 N–H and O–H groups in total. The molecule has 94 valence electrons. The van der Waals surface area contributed by atoms with Crippen LogP contribution in [0, 0.1) is 0 Å². The Bertz CT molecular complexity index is 329. The molecule has 0 aliphatic heterocycles. The lowest BCUT2D eigenvalue weighted by Crippen LogP contribution is -2.20. The summed E-state index contributed by atoms with van der Waals surface area (Å²) in [4.78, 5) is 4.25. The van der Waals surface area contributed by atoms with E-state index in [1.807, 2.05) is 13.8 Å². The Morgan fingerprint density at radius 2 is 1.76 bits per heavy atom. The second kappa shape index (κ2) is 7.81. The number of aromatic hydroxyl groups is 1. The van der Waals surface area contributed by atoms with Crippen molar-refractivity contribution in [3.8, 4) is 5.75 Å². The van der Waals surface area contributed by atoms with Crippen molar-refractivity contribution in [3.05, 3.63) is 29.8 Å². The van der Waals surface area contributed by atoms with Crippen molar-refractivity contribution in [2.75, 3.05) is 19.8 Å². The molecule has 0 bridgehead atoms. The summed E-state index contributed by atoms with van der Waals surface area (Å²) in [7, 11) is 0. The van der Waals surface area contributed by atoms with Crippen LogP contribution >= 0.6 is 0 Å². The van der Waals surface area contributed by atoms with E-state index >= 15 is 0 Å². The van der Waals surface area contributed by atoms with E-state index in [9.17, 15) is 0 Å². The van der Waals surface area contributed by atoms with Crippen LogP contribution in [0.1, 0.15) is 19.4 Å². The number of phenolic OH excluding ortho intramolecular Hbond substituents is 1. The SMILES string of the molecule is CCOC(CN=Cc1ccc(O)cc1)OCC. The smallest absolute Gasteiger partial charge is 0.176 e. The third-order valence-electron chi connectivity index (χ3n) is 2.09. The van der Waals surface area contributed by atoms with Gasteiger partial charge in [-0.3, -0.25) is 4.99 Å². The summed E-state index contributed by atoms with van der Waals surface area (Å²) in [5, 5.41) is 9.13. The molecule has 1 rings (SSSR count). The molecule has 0 unspecified atom stereocenters. The topological polar surface area (TPSA) is 51.0 Å². The fourth-order valence-corrected chi connectivity index (χ4v) is 1.33. The maximum Gasteiger partial charge on any atom is 0.176 e. The van der Waals surface area contributed by atoms with Crippen molar-refractivity contribution in [1.29, 1.82) is 0 Å². The maximum atomic E-state index is 9.13. The first-order chi connectivity index (χ1) is 8.26. The molecule has 0 saturated heterocycles. The Morgan fingerprint density at radius 3 is 2.29 bits per heavy atom. The van der Waals surface area contributed by atoms with E-state index in [4.69, 9.17) is 14.6 Å². The summed E-state index contributed by atoms with van der Waals surface area (Å²) in [5.74, 6) is 0.253. The lowest BCUT2D eigenvalue weighted by Gasteiger charge is -2.13. The number of ether oxygens (including phenoxy) is 2. The van der Waals surface area contributed by atoms with E-state index in [0.29, 0.717) is 19.8 Å². The number of hydrogen-bond acceptors (Lipinski definition) is 4. The van der Waals surface area contributed by atoms with Crippen LogP contribution in [0.3, 0.4) is 0 Å². The second-order valence-electron chi connectivity index (χ2n) is 3.43. The van der Waals surface area contributed by atoms with Gasteiger partial charge in [-0.15, -0.1) is 0 Å². The molecule has 0 saturated carbocycles. The molecule has 0 aliphatic carbocycles. The predicted octanol–water partition coefficient (Wildman–Crippen LogP) is 2.21. The number of nitrogens with zero attached hydrogens (tertiary/aromatic N) is 1. The first kappa shape index (κ1) is 13.7. The van der Waals surface area contributed by atoms with Gasteiger partial charge in [0.1, 0.15) is 5.75 Å². The van der Waals surface area contributed by atoms with Crippen LogP contribution in [-0.4, -0.2) is 37.4 Å². The van der Waals surface area contributed by atoms with Crippen molar-refractivity contribution < 1.29 is 14.6 Å². The molecule has 4 nitrogen and oxygen atoms in total. The first-order valence-corrected chi connectivity index (χ1v) is 5.78. The van der Waals surface area contributed by atoms with Gasteiger partial charge >= 0.3 is 0 Å². The van der Waals surface area contributed by atoms with Gasteiger partial charge in [0, 0.05) is 19.4 Å². The quantitative estimate of drug-likeness (QED) is 0.584. The molecule has 0 fully saturated rings. The number of benzene rings is 1. The number of phenols is 1. The zero-order valence-electron chi connectivity index (χ0n) is 10.3. The summed E-state index contributed by atoms with van der Waals surface area (Å²) in [5.41, 5.74) is 0.939. The molecule has 0 aromatic heterocycles. The van der Waals surface area contributed by atoms with Crippen molar-refractivity contribution >= 4 is 6.21 Å². The van der Waals surface area contributed by atoms with Gasteiger partial charge in [-0.25, -0.2) is 0 Å². The third kappa shape index (κ3) is 5.47. The van der Waals surface area contributed by atoms with Gasteiger partial charge in [-0.2, -0.15) is 0 Å². The van der Waals surface area contributed by atoms with Crippen molar-refractivity contribution in [3.63, 3.8) is 0 Å². The summed E-state index contributed by atoms with van der Waals surface area (Å²) >= 11 is 0. The van der Waals surface area contributed by atoms with Gasteiger partial charge in [0.2, 0.25) is 0 Å². The zero-order valence-corrected chi connectivity index (χ0v) is 10.3. The molecule has 0 amide bonds. The normalized spacial score (nSPS) is 11.5. The molecular formula is C13H19NO3. The van der Waals surface area contributed by atoms with Crippen LogP contribution in [0.4, 0.5) is 0 Å². The number of rotatable bonds is 7. The molecule has 0 aliphatic rings. The molecule has 0 spiro atoms. The van der Waals surface area contributed by atoms with Gasteiger partial charge in [-0.1, -0.05) is 0 Å². The highest BCUT2D eigenvalue weighted by Crippen LogP contribution is 2.07. The second-order valence-corrected chi connectivity index (χ2v) is 3.43. The van der Waals surface area contributed by atoms with E-state index in [2.05, 4.69) is 4.99 Å². The molecule has 1 aromatic carbocycles. The van der Waals surface area contributed by atoms with E-state index in [-0.39, 0.29) is 12.0 Å². The van der Waals surface area contributed by atoms with Crippen LogP contribution < -0.4 is 0 Å². The van der Waals surface area contributed by atoms with Crippen LogP contribution in [0.2, 0.25) is 0 Å². The van der Waals surface area contributed by atoms with E-state index in [1.165, 1.54) is 0 Å². The highest BCUT2D eigenvalue weighted by Gasteiger charge is 2.05. The molecule has 0 heterocycles. The Balaban J connectivity index is 2.44. The standard InChI is InChI=1S/C13H19NO3/c1-3-16-13(17-4-2)10-14-9-11-5-7-12(15)8-6-11/h5-9,13,15H,3-4,10H2,1-2H3. The molecular weight excluding hydrogens is 218 g/mol. The highest BCUT2D eigenvalue weighted by molar-refractivity contribution is 5.79. The lowest BCUT2D eigenvalue weighted by molar-refractivity contribution is -0.128. The minimum Gasteiger partial charge on any atom is -0.508 e. The van der Waals surface area contributed by atoms with Gasteiger partial charge in [0.05, 0.1) is 6.54 Å². The van der Waals surface area contributed by atoms with Crippen LogP contribution in [0.15, 0.2) is 29.3 Å². The van der Waals surface area contributed by atoms with E-state index < -0.39 is 0 Å². The van der Waals surface area contributed by atoms with Crippen molar-refractivity contribution in [2.24, 2.45) is 4.99 Å². The van der Waals surface area contributed by atoms with Gasteiger partial charge in [0.25, 0.3) is 0 Å². The maximum absolute atomic E-state index is 9.13. The predicted molar refractivity (Wildman–Crippen MR) is 67.6 cm³/mol. The molecule has 0 radical (unpaired) electrons. The van der Waals surface area contributed by atoms with E-state index in [0.717, 1.165) is 5.56 Å². The van der Waals surface area contributed by atoms with Crippen LogP contribution in [-0.2, 0) is 9.47 Å². The summed E-state index contributed by atoms with van der Waals surface area (Å²) in [6.45, 7) is 5.55. The molecule has 0 atom stereocenters. The Morgan fingerprint density at radius 1 is 1.18 bits per heavy atom. The largest absolute Gasteiger partial charge is 0.508 e. The highest BCUT2D eigenvalue weighted by atomic mass is 16.7. The summed E-state index contributed by atoms with van der Waals surface area (Å²) in [6, 6.07) is 6.86. The minimum atomic E-state index is -0.279.